The minimum Gasteiger partial charge on any atom is -0.444 e. The first-order chi connectivity index (χ1) is 18.8. The van der Waals surface area contributed by atoms with Gasteiger partial charge < -0.3 is 9.64 Å². The summed E-state index contributed by atoms with van der Waals surface area (Å²) in [6.45, 7) is 8.17. The van der Waals surface area contributed by atoms with Crippen molar-refractivity contribution in [2.45, 2.75) is 44.6 Å². The minimum atomic E-state index is -3.83. The summed E-state index contributed by atoms with van der Waals surface area (Å²) in [5.41, 5.74) is 3.35. The lowest BCUT2D eigenvalue weighted by Gasteiger charge is -2.29. The minimum absolute atomic E-state index is 0.182. The fourth-order valence-corrected chi connectivity index (χ4v) is 6.76. The molecule has 10 heteroatoms. The van der Waals surface area contributed by atoms with Gasteiger partial charge in [0, 0.05) is 45.6 Å². The zero-order valence-electron chi connectivity index (χ0n) is 22.6. The molecular weight excluding hydrogens is 644 g/mol. The molecule has 4 aromatic rings. The molecular formula is C30H29FIN3O4S. The standard InChI is InChI=1S/C30H29FIN3O4S/c1-19-5-8-23(9-6-19)40(37,38)35-18-27(32)25-15-22(17-33-28(25)35)21-7-10-24(26(31)16-21)20-11-13-34(14-12-20)29(36)39-30(2,3)4/h5-11,15-18H,12-14H2,1-4H3. The van der Waals surface area contributed by atoms with E-state index in [9.17, 15) is 13.2 Å². The molecule has 0 fully saturated rings. The van der Waals surface area contributed by atoms with Crippen molar-refractivity contribution in [2.24, 2.45) is 0 Å². The molecule has 208 valence electrons. The number of nitrogens with zero attached hydrogens (tertiary/aromatic N) is 3. The number of ether oxygens (including phenoxy) is 1. The summed E-state index contributed by atoms with van der Waals surface area (Å²) in [6, 6.07) is 13.5. The Labute approximate surface area is 246 Å². The Bertz CT molecular complexity index is 1760. The lowest BCUT2D eigenvalue weighted by atomic mass is 9.96. The van der Waals surface area contributed by atoms with Crippen molar-refractivity contribution in [1.82, 2.24) is 13.9 Å². The monoisotopic (exact) mass is 673 g/mol. The van der Waals surface area contributed by atoms with Crippen LogP contribution in [0.5, 0.6) is 0 Å². The molecule has 2 aromatic carbocycles. The van der Waals surface area contributed by atoms with Crippen molar-refractivity contribution in [1.29, 1.82) is 0 Å². The molecule has 3 heterocycles. The molecule has 1 aliphatic heterocycles. The van der Waals surface area contributed by atoms with E-state index >= 15 is 4.39 Å². The predicted molar refractivity (Wildman–Crippen MR) is 162 cm³/mol. The van der Waals surface area contributed by atoms with Gasteiger partial charge in [-0.1, -0.05) is 35.9 Å². The Kier molecular flexibility index (Phi) is 7.51. The van der Waals surface area contributed by atoms with Gasteiger partial charge in [0.15, 0.2) is 5.65 Å². The van der Waals surface area contributed by atoms with Crippen LogP contribution in [0.4, 0.5) is 9.18 Å². The van der Waals surface area contributed by atoms with Crippen LogP contribution >= 0.6 is 22.6 Å². The fourth-order valence-electron chi connectivity index (χ4n) is 4.57. The number of halogens is 2. The molecule has 0 N–H and O–H groups in total. The zero-order chi connectivity index (χ0) is 28.8. The lowest BCUT2D eigenvalue weighted by Crippen LogP contribution is -2.39. The van der Waals surface area contributed by atoms with Gasteiger partial charge in [0.05, 0.1) is 4.90 Å². The molecule has 7 nitrogen and oxygen atoms in total. The summed E-state index contributed by atoms with van der Waals surface area (Å²) >= 11 is 2.09. The number of benzene rings is 2. The van der Waals surface area contributed by atoms with Crippen LogP contribution in [0.3, 0.4) is 0 Å². The van der Waals surface area contributed by atoms with Crippen LogP contribution < -0.4 is 0 Å². The number of amides is 1. The van der Waals surface area contributed by atoms with Crippen LogP contribution in [-0.2, 0) is 14.8 Å². The topological polar surface area (TPSA) is 81.5 Å². The van der Waals surface area contributed by atoms with Crippen molar-refractivity contribution in [3.63, 3.8) is 0 Å². The number of aryl methyl sites for hydroxylation is 1. The first-order valence-corrected chi connectivity index (χ1v) is 15.3. The molecule has 0 saturated carbocycles. The van der Waals surface area contributed by atoms with Crippen molar-refractivity contribution in [3.05, 3.63) is 87.5 Å². The second kappa shape index (κ2) is 10.6. The van der Waals surface area contributed by atoms with Gasteiger partial charge in [-0.3, -0.25) is 0 Å². The van der Waals surface area contributed by atoms with Crippen molar-refractivity contribution < 1.29 is 22.3 Å². The van der Waals surface area contributed by atoms with E-state index in [-0.39, 0.29) is 16.8 Å². The highest BCUT2D eigenvalue weighted by atomic mass is 127. The second-order valence-corrected chi connectivity index (χ2v) is 13.8. The first-order valence-electron chi connectivity index (χ1n) is 12.8. The van der Waals surface area contributed by atoms with Crippen molar-refractivity contribution in [3.8, 4) is 11.1 Å². The largest absolute Gasteiger partial charge is 0.444 e. The summed E-state index contributed by atoms with van der Waals surface area (Å²) in [5.74, 6) is -0.371. The van der Waals surface area contributed by atoms with E-state index in [1.165, 1.54) is 10.0 Å². The summed E-state index contributed by atoms with van der Waals surface area (Å²) in [7, 11) is -3.83. The number of hydrogen-bond donors (Lipinski definition) is 0. The second-order valence-electron chi connectivity index (χ2n) is 10.8. The molecule has 0 aliphatic carbocycles. The highest BCUT2D eigenvalue weighted by Gasteiger charge is 2.25. The Morgan fingerprint density at radius 1 is 1.07 bits per heavy atom. The Morgan fingerprint density at radius 2 is 1.80 bits per heavy atom. The third-order valence-corrected chi connectivity index (χ3v) is 9.17. The molecule has 0 spiro atoms. The number of carbonyl (C=O) groups excluding carboxylic acids is 1. The Balaban J connectivity index is 1.40. The van der Waals surface area contributed by atoms with E-state index < -0.39 is 15.6 Å². The number of fused-ring (bicyclic) bond motifs is 1. The van der Waals surface area contributed by atoms with Gasteiger partial charge in [-0.15, -0.1) is 0 Å². The Hall–Kier alpha value is -3.25. The fraction of sp³-hybridized carbons (Fsp3) is 0.267. The summed E-state index contributed by atoms with van der Waals surface area (Å²) < 4.78 is 49.3. The van der Waals surface area contributed by atoms with E-state index in [2.05, 4.69) is 27.6 Å². The molecule has 1 amide bonds. The summed E-state index contributed by atoms with van der Waals surface area (Å²) in [5, 5.41) is 0.662. The maximum Gasteiger partial charge on any atom is 0.410 e. The highest BCUT2D eigenvalue weighted by Crippen LogP contribution is 2.32. The quantitative estimate of drug-likeness (QED) is 0.218. The van der Waals surface area contributed by atoms with Crippen LogP contribution in [0.2, 0.25) is 0 Å². The molecule has 40 heavy (non-hydrogen) atoms. The average Bonchev–Trinajstić information content (AvgIpc) is 3.24. The number of pyridine rings is 1. The molecule has 0 atom stereocenters. The van der Waals surface area contributed by atoms with Gasteiger partial charge >= 0.3 is 6.09 Å². The smallest absolute Gasteiger partial charge is 0.410 e. The van der Waals surface area contributed by atoms with Gasteiger partial charge in [-0.25, -0.2) is 26.6 Å². The van der Waals surface area contributed by atoms with Crippen molar-refractivity contribution >= 4 is 55.3 Å². The van der Waals surface area contributed by atoms with Crippen molar-refractivity contribution in [2.75, 3.05) is 13.1 Å². The first kappa shape index (κ1) is 28.3. The maximum absolute atomic E-state index is 15.3. The normalized spacial score (nSPS) is 14.3. The lowest BCUT2D eigenvalue weighted by molar-refractivity contribution is 0.0270. The number of aromatic nitrogens is 2. The number of rotatable bonds is 4. The van der Waals surface area contributed by atoms with E-state index in [0.29, 0.717) is 47.2 Å². The Morgan fingerprint density at radius 3 is 2.42 bits per heavy atom. The van der Waals surface area contributed by atoms with E-state index in [0.717, 1.165) is 14.7 Å². The summed E-state index contributed by atoms with van der Waals surface area (Å²) in [6.07, 6.45) is 5.11. The van der Waals surface area contributed by atoms with E-state index in [1.54, 1.807) is 47.6 Å². The van der Waals surface area contributed by atoms with Crippen LogP contribution in [0.1, 0.15) is 38.3 Å². The molecule has 0 bridgehead atoms. The molecule has 0 radical (unpaired) electrons. The summed E-state index contributed by atoms with van der Waals surface area (Å²) in [4.78, 5) is 18.6. The van der Waals surface area contributed by atoms with Gasteiger partial charge in [-0.05, 0) is 92.1 Å². The molecule has 0 unspecified atom stereocenters. The van der Waals surface area contributed by atoms with Gasteiger partial charge in [0.25, 0.3) is 10.0 Å². The van der Waals surface area contributed by atoms with Gasteiger partial charge in [0.1, 0.15) is 11.4 Å². The maximum atomic E-state index is 15.3. The molecule has 2 aromatic heterocycles. The molecule has 0 saturated heterocycles. The third-order valence-electron chi connectivity index (χ3n) is 6.65. The number of carbonyl (C=O) groups is 1. The highest BCUT2D eigenvalue weighted by molar-refractivity contribution is 14.1. The van der Waals surface area contributed by atoms with Gasteiger partial charge in [0.2, 0.25) is 0 Å². The van der Waals surface area contributed by atoms with E-state index in [4.69, 9.17) is 4.74 Å². The van der Waals surface area contributed by atoms with Crippen LogP contribution in [0, 0.1) is 16.3 Å². The SMILES string of the molecule is Cc1ccc(S(=O)(=O)n2cc(I)c3cc(-c4ccc(C5=CCN(C(=O)OC(C)(C)C)CC5)c(F)c4)cnc32)cc1. The van der Waals surface area contributed by atoms with Crippen LogP contribution in [0.15, 0.2) is 71.9 Å². The average molecular weight is 674 g/mol. The van der Waals surface area contributed by atoms with Crippen LogP contribution in [-0.4, -0.2) is 47.1 Å². The van der Waals surface area contributed by atoms with E-state index in [1.807, 2.05) is 45.9 Å². The number of hydrogen-bond acceptors (Lipinski definition) is 5. The molecule has 5 rings (SSSR count). The third kappa shape index (κ3) is 5.64. The predicted octanol–water partition coefficient (Wildman–Crippen LogP) is 7.02. The zero-order valence-corrected chi connectivity index (χ0v) is 25.6. The van der Waals surface area contributed by atoms with Crippen LogP contribution in [0.25, 0.3) is 27.7 Å². The molecule has 1 aliphatic rings. The van der Waals surface area contributed by atoms with Gasteiger partial charge in [-0.2, -0.15) is 0 Å².